The maximum Gasteiger partial charge on any atom is 0.251 e. The van der Waals surface area contributed by atoms with Gasteiger partial charge in [-0.25, -0.2) is 0 Å². The normalized spacial score (nSPS) is 14.2. The van der Waals surface area contributed by atoms with Crippen LogP contribution in [0.1, 0.15) is 41.0 Å². The van der Waals surface area contributed by atoms with E-state index in [1.807, 2.05) is 50.2 Å². The summed E-state index contributed by atoms with van der Waals surface area (Å²) in [6, 6.07) is 7.54. The van der Waals surface area contributed by atoms with Crippen molar-refractivity contribution in [2.24, 2.45) is 0 Å². The van der Waals surface area contributed by atoms with Crippen molar-refractivity contribution in [2.75, 3.05) is 37.0 Å². The van der Waals surface area contributed by atoms with Gasteiger partial charge in [0.1, 0.15) is 0 Å². The molecule has 1 amide bonds. The fourth-order valence-electron chi connectivity index (χ4n) is 2.99. The van der Waals surface area contributed by atoms with Crippen molar-refractivity contribution in [3.05, 3.63) is 41.2 Å². The maximum atomic E-state index is 12.4. The van der Waals surface area contributed by atoms with Crippen LogP contribution in [0.25, 0.3) is 0 Å². The molecule has 1 N–H and O–H groups in total. The molecule has 0 aliphatic carbocycles. The SMILES string of the molecule is Cc1ccccc1C(=O)NCc1nc(N(C)C)nc(N2CCCCC2)n1. The summed E-state index contributed by atoms with van der Waals surface area (Å²) in [4.78, 5) is 30.1. The minimum Gasteiger partial charge on any atom is -0.347 e. The van der Waals surface area contributed by atoms with Gasteiger partial charge < -0.3 is 15.1 Å². The van der Waals surface area contributed by atoms with Gasteiger partial charge in [0, 0.05) is 32.7 Å². The van der Waals surface area contributed by atoms with Crippen LogP contribution in [0.15, 0.2) is 24.3 Å². The van der Waals surface area contributed by atoms with Gasteiger partial charge in [-0.2, -0.15) is 15.0 Å². The van der Waals surface area contributed by atoms with Crippen LogP contribution < -0.4 is 15.1 Å². The lowest BCUT2D eigenvalue weighted by atomic mass is 10.1. The lowest BCUT2D eigenvalue weighted by Gasteiger charge is -2.27. The molecule has 7 heteroatoms. The first-order valence-corrected chi connectivity index (χ1v) is 9.05. The third-order valence-corrected chi connectivity index (χ3v) is 4.49. The van der Waals surface area contributed by atoms with Crippen molar-refractivity contribution in [3.8, 4) is 0 Å². The number of piperidine rings is 1. The zero-order chi connectivity index (χ0) is 18.5. The maximum absolute atomic E-state index is 12.4. The molecule has 0 radical (unpaired) electrons. The number of hydrogen-bond donors (Lipinski definition) is 1. The molecule has 1 aromatic heterocycles. The number of amides is 1. The van der Waals surface area contributed by atoms with Gasteiger partial charge >= 0.3 is 0 Å². The van der Waals surface area contributed by atoms with Crippen LogP contribution in [0.2, 0.25) is 0 Å². The molecule has 0 spiro atoms. The summed E-state index contributed by atoms with van der Waals surface area (Å²) in [6.45, 7) is 4.13. The average molecular weight is 354 g/mol. The highest BCUT2D eigenvalue weighted by Gasteiger charge is 2.17. The van der Waals surface area contributed by atoms with Crippen molar-refractivity contribution >= 4 is 17.8 Å². The molecule has 1 aliphatic rings. The van der Waals surface area contributed by atoms with Crippen molar-refractivity contribution in [2.45, 2.75) is 32.7 Å². The number of carbonyl (C=O) groups excluding carboxylic acids is 1. The average Bonchev–Trinajstić information content (AvgIpc) is 2.67. The molecule has 2 aromatic rings. The van der Waals surface area contributed by atoms with Crippen molar-refractivity contribution < 1.29 is 4.79 Å². The Morgan fingerprint density at radius 3 is 2.54 bits per heavy atom. The van der Waals surface area contributed by atoms with Gasteiger partial charge in [0.2, 0.25) is 11.9 Å². The number of nitrogens with one attached hydrogen (secondary N) is 1. The minimum atomic E-state index is -0.116. The van der Waals surface area contributed by atoms with E-state index < -0.39 is 0 Å². The monoisotopic (exact) mass is 354 g/mol. The Labute approximate surface area is 154 Å². The Balaban J connectivity index is 1.77. The summed E-state index contributed by atoms with van der Waals surface area (Å²) in [6.07, 6.45) is 3.56. The van der Waals surface area contributed by atoms with Crippen LogP contribution in [0.3, 0.4) is 0 Å². The number of rotatable bonds is 5. The van der Waals surface area contributed by atoms with Gasteiger partial charge in [0.15, 0.2) is 5.82 Å². The molecule has 26 heavy (non-hydrogen) atoms. The van der Waals surface area contributed by atoms with Gasteiger partial charge in [0.25, 0.3) is 5.91 Å². The molecule has 1 aliphatic heterocycles. The topological polar surface area (TPSA) is 74.2 Å². The van der Waals surface area contributed by atoms with Crippen molar-refractivity contribution in [3.63, 3.8) is 0 Å². The number of hydrogen-bond acceptors (Lipinski definition) is 6. The fraction of sp³-hybridized carbons (Fsp3) is 0.474. The van der Waals surface area contributed by atoms with Crippen LogP contribution in [-0.4, -0.2) is 48.0 Å². The summed E-state index contributed by atoms with van der Waals surface area (Å²) in [5, 5.41) is 2.92. The zero-order valence-electron chi connectivity index (χ0n) is 15.7. The fourth-order valence-corrected chi connectivity index (χ4v) is 2.99. The van der Waals surface area contributed by atoms with E-state index in [1.54, 1.807) is 0 Å². The van der Waals surface area contributed by atoms with Crippen LogP contribution in [0.4, 0.5) is 11.9 Å². The van der Waals surface area contributed by atoms with E-state index in [1.165, 1.54) is 6.42 Å². The third-order valence-electron chi connectivity index (χ3n) is 4.49. The number of benzene rings is 1. The smallest absolute Gasteiger partial charge is 0.251 e. The minimum absolute atomic E-state index is 0.116. The molecule has 138 valence electrons. The molecule has 0 saturated carbocycles. The summed E-state index contributed by atoms with van der Waals surface area (Å²) < 4.78 is 0. The van der Waals surface area contributed by atoms with Crippen LogP contribution in [0, 0.1) is 6.92 Å². The highest BCUT2D eigenvalue weighted by atomic mass is 16.1. The number of aromatic nitrogens is 3. The van der Waals surface area contributed by atoms with Gasteiger partial charge in [-0.3, -0.25) is 4.79 Å². The number of aryl methyl sites for hydroxylation is 1. The molecule has 1 fully saturated rings. The van der Waals surface area contributed by atoms with E-state index in [0.29, 0.717) is 23.3 Å². The Bertz CT molecular complexity index is 770. The van der Waals surface area contributed by atoms with E-state index in [4.69, 9.17) is 0 Å². The molecular weight excluding hydrogens is 328 g/mol. The largest absolute Gasteiger partial charge is 0.347 e. The molecule has 0 unspecified atom stereocenters. The third kappa shape index (κ3) is 4.28. The molecule has 7 nitrogen and oxygen atoms in total. The van der Waals surface area contributed by atoms with E-state index in [-0.39, 0.29) is 12.5 Å². The number of nitrogens with zero attached hydrogens (tertiary/aromatic N) is 5. The standard InChI is InChI=1S/C19H26N6O/c1-14-9-5-6-10-15(14)17(26)20-13-16-21-18(24(2)3)23-19(22-16)25-11-7-4-8-12-25/h5-6,9-10H,4,7-8,11-13H2,1-3H3,(H,20,26). The van der Waals surface area contributed by atoms with Crippen LogP contribution in [-0.2, 0) is 6.54 Å². The zero-order valence-corrected chi connectivity index (χ0v) is 15.7. The first-order valence-electron chi connectivity index (χ1n) is 9.05. The van der Waals surface area contributed by atoms with Crippen LogP contribution >= 0.6 is 0 Å². The lowest BCUT2D eigenvalue weighted by Crippen LogP contribution is -2.33. The first kappa shape index (κ1) is 18.1. The lowest BCUT2D eigenvalue weighted by molar-refractivity contribution is 0.0949. The predicted octanol–water partition coefficient (Wildman–Crippen LogP) is 2.17. The molecule has 1 aromatic carbocycles. The van der Waals surface area contributed by atoms with E-state index >= 15 is 0 Å². The van der Waals surface area contributed by atoms with Gasteiger partial charge in [-0.05, 0) is 37.8 Å². The molecular formula is C19H26N6O. The van der Waals surface area contributed by atoms with E-state index in [2.05, 4.69) is 25.2 Å². The second-order valence-electron chi connectivity index (χ2n) is 6.79. The molecule has 0 atom stereocenters. The van der Waals surface area contributed by atoms with Crippen LogP contribution in [0.5, 0.6) is 0 Å². The molecule has 3 rings (SSSR count). The molecule has 2 heterocycles. The Kier molecular flexibility index (Phi) is 5.65. The number of carbonyl (C=O) groups is 1. The second kappa shape index (κ2) is 8.12. The van der Waals surface area contributed by atoms with E-state index in [0.717, 1.165) is 31.5 Å². The van der Waals surface area contributed by atoms with Crippen molar-refractivity contribution in [1.29, 1.82) is 0 Å². The Hall–Kier alpha value is -2.70. The summed E-state index contributed by atoms with van der Waals surface area (Å²) in [5.74, 6) is 1.77. The van der Waals surface area contributed by atoms with Crippen molar-refractivity contribution in [1.82, 2.24) is 20.3 Å². The quantitative estimate of drug-likeness (QED) is 0.887. The van der Waals surface area contributed by atoms with Gasteiger partial charge in [0.05, 0.1) is 6.54 Å². The second-order valence-corrected chi connectivity index (χ2v) is 6.79. The van der Waals surface area contributed by atoms with Gasteiger partial charge in [-0.1, -0.05) is 18.2 Å². The summed E-state index contributed by atoms with van der Waals surface area (Å²) in [5.41, 5.74) is 1.62. The Morgan fingerprint density at radius 2 is 1.85 bits per heavy atom. The summed E-state index contributed by atoms with van der Waals surface area (Å²) in [7, 11) is 3.82. The van der Waals surface area contributed by atoms with Gasteiger partial charge in [-0.15, -0.1) is 0 Å². The highest BCUT2D eigenvalue weighted by molar-refractivity contribution is 5.95. The Morgan fingerprint density at radius 1 is 1.12 bits per heavy atom. The highest BCUT2D eigenvalue weighted by Crippen LogP contribution is 2.18. The predicted molar refractivity (Wildman–Crippen MR) is 103 cm³/mol. The first-order chi connectivity index (χ1) is 12.5. The number of anilines is 2. The van der Waals surface area contributed by atoms with E-state index in [9.17, 15) is 4.79 Å². The summed E-state index contributed by atoms with van der Waals surface area (Å²) >= 11 is 0. The molecule has 0 bridgehead atoms. The molecule has 1 saturated heterocycles.